The molecule has 0 spiro atoms. The van der Waals surface area contributed by atoms with Gasteiger partial charge < -0.3 is 5.11 Å². The second-order valence-electron chi connectivity index (χ2n) is 4.31. The summed E-state index contributed by atoms with van der Waals surface area (Å²) in [6.07, 6.45) is 0. The number of rotatable bonds is 3. The molecule has 1 saturated heterocycles. The van der Waals surface area contributed by atoms with Gasteiger partial charge in [0.25, 0.3) is 0 Å². The molecule has 1 fully saturated rings. The molecule has 0 unspecified atom stereocenters. The number of likely N-dealkylation sites (tertiary alicyclic amines) is 1. The maximum Gasteiger partial charge on any atom is 0.0483 e. The molecule has 3 heteroatoms. The van der Waals surface area contributed by atoms with Gasteiger partial charge >= 0.3 is 0 Å². The van der Waals surface area contributed by atoms with Crippen molar-refractivity contribution in [1.29, 1.82) is 0 Å². The van der Waals surface area contributed by atoms with Crippen LogP contribution in [0.4, 0.5) is 0 Å². The van der Waals surface area contributed by atoms with E-state index in [-0.39, 0.29) is 0 Å². The fraction of sp³-hybridized carbons (Fsp3) is 0.500. The Morgan fingerprint density at radius 3 is 2.87 bits per heavy atom. The van der Waals surface area contributed by atoms with Crippen LogP contribution in [0.25, 0.3) is 0 Å². The van der Waals surface area contributed by atoms with Crippen LogP contribution in [0, 0.1) is 12.8 Å². The van der Waals surface area contributed by atoms with Crippen LogP contribution >= 0.6 is 15.9 Å². The largest absolute Gasteiger partial charge is 0.396 e. The summed E-state index contributed by atoms with van der Waals surface area (Å²) >= 11 is 3.49. The maximum absolute atomic E-state index is 8.93. The van der Waals surface area contributed by atoms with Gasteiger partial charge in [-0.25, -0.2) is 0 Å². The first-order valence-corrected chi connectivity index (χ1v) is 6.06. The molecule has 1 aromatic carbocycles. The standard InChI is InChI=1S/C12H16BrNO/c1-9-2-3-12(13)4-11(9)7-14-5-10(6-14)8-15/h2-4,10,15H,5-8H2,1H3. The molecule has 82 valence electrons. The van der Waals surface area contributed by atoms with E-state index < -0.39 is 0 Å². The van der Waals surface area contributed by atoms with Gasteiger partial charge in [0.05, 0.1) is 0 Å². The van der Waals surface area contributed by atoms with Crippen LogP contribution in [0.1, 0.15) is 11.1 Å². The van der Waals surface area contributed by atoms with Crippen molar-refractivity contribution >= 4 is 15.9 Å². The molecule has 0 bridgehead atoms. The predicted molar refractivity (Wildman–Crippen MR) is 64.7 cm³/mol. The van der Waals surface area contributed by atoms with Crippen LogP contribution < -0.4 is 0 Å². The zero-order valence-corrected chi connectivity index (χ0v) is 10.5. The van der Waals surface area contributed by atoms with E-state index in [1.807, 2.05) is 0 Å². The van der Waals surface area contributed by atoms with Crippen LogP contribution in [0.2, 0.25) is 0 Å². The second-order valence-corrected chi connectivity index (χ2v) is 5.23. The van der Waals surface area contributed by atoms with Gasteiger partial charge in [0.2, 0.25) is 0 Å². The van der Waals surface area contributed by atoms with Crippen LogP contribution in [-0.4, -0.2) is 29.7 Å². The third kappa shape index (κ3) is 2.60. The Labute approximate surface area is 99.0 Å². The molecule has 1 aliphatic rings. The van der Waals surface area contributed by atoms with Gasteiger partial charge in [-0.1, -0.05) is 22.0 Å². The summed E-state index contributed by atoms with van der Waals surface area (Å²) in [5.41, 5.74) is 2.71. The lowest BCUT2D eigenvalue weighted by Crippen LogP contribution is -2.47. The average Bonchev–Trinajstić information content (AvgIpc) is 2.16. The van der Waals surface area contributed by atoms with Crippen LogP contribution in [0.15, 0.2) is 22.7 Å². The first-order valence-electron chi connectivity index (χ1n) is 5.27. The number of aryl methyl sites for hydroxylation is 1. The van der Waals surface area contributed by atoms with Crippen molar-refractivity contribution in [3.8, 4) is 0 Å². The summed E-state index contributed by atoms with van der Waals surface area (Å²) in [6.45, 7) is 5.53. The Hall–Kier alpha value is -0.380. The average molecular weight is 270 g/mol. The minimum atomic E-state index is 0.327. The SMILES string of the molecule is Cc1ccc(Br)cc1CN1CC(CO)C1. The highest BCUT2D eigenvalue weighted by molar-refractivity contribution is 9.10. The molecular formula is C12H16BrNO. The van der Waals surface area contributed by atoms with E-state index >= 15 is 0 Å². The molecule has 0 saturated carbocycles. The van der Waals surface area contributed by atoms with Gasteiger partial charge in [-0.2, -0.15) is 0 Å². The predicted octanol–water partition coefficient (Wildman–Crippen LogP) is 2.18. The van der Waals surface area contributed by atoms with Crippen LogP contribution in [0.3, 0.4) is 0 Å². The number of halogens is 1. The number of aliphatic hydroxyl groups is 1. The van der Waals surface area contributed by atoms with Crippen LogP contribution in [-0.2, 0) is 6.54 Å². The van der Waals surface area contributed by atoms with E-state index in [0.29, 0.717) is 12.5 Å². The summed E-state index contributed by atoms with van der Waals surface area (Å²) in [4.78, 5) is 2.37. The van der Waals surface area contributed by atoms with Crippen LogP contribution in [0.5, 0.6) is 0 Å². The van der Waals surface area contributed by atoms with E-state index in [1.165, 1.54) is 11.1 Å². The van der Waals surface area contributed by atoms with Crippen molar-refractivity contribution in [2.45, 2.75) is 13.5 Å². The monoisotopic (exact) mass is 269 g/mol. The van der Waals surface area contributed by atoms with E-state index in [0.717, 1.165) is 24.1 Å². The topological polar surface area (TPSA) is 23.5 Å². The van der Waals surface area contributed by atoms with Gasteiger partial charge in [0.1, 0.15) is 0 Å². The smallest absolute Gasteiger partial charge is 0.0483 e. The molecule has 0 aromatic heterocycles. The fourth-order valence-corrected chi connectivity index (χ4v) is 2.38. The molecule has 1 heterocycles. The van der Waals surface area contributed by atoms with Crippen molar-refractivity contribution in [3.05, 3.63) is 33.8 Å². The molecule has 0 aliphatic carbocycles. The molecule has 1 aliphatic heterocycles. The molecule has 2 nitrogen and oxygen atoms in total. The first kappa shape index (κ1) is 11.1. The van der Waals surface area contributed by atoms with Gasteiger partial charge in [-0.3, -0.25) is 4.90 Å². The summed E-state index contributed by atoms with van der Waals surface area (Å²) in [5, 5.41) is 8.93. The third-order valence-corrected chi connectivity index (χ3v) is 3.49. The molecule has 0 radical (unpaired) electrons. The lowest BCUT2D eigenvalue weighted by molar-refractivity contribution is 0.0478. The zero-order chi connectivity index (χ0) is 10.8. The summed E-state index contributed by atoms with van der Waals surface area (Å²) in [6, 6.07) is 6.40. The minimum Gasteiger partial charge on any atom is -0.396 e. The minimum absolute atomic E-state index is 0.327. The Kier molecular flexibility index (Phi) is 3.44. The number of hydrogen-bond acceptors (Lipinski definition) is 2. The molecule has 0 amide bonds. The first-order chi connectivity index (χ1) is 7.19. The Bertz CT molecular complexity index is 347. The lowest BCUT2D eigenvalue weighted by Gasteiger charge is -2.38. The Balaban J connectivity index is 1.97. The number of benzene rings is 1. The summed E-state index contributed by atoms with van der Waals surface area (Å²) in [5.74, 6) is 0.498. The molecule has 2 rings (SSSR count). The quantitative estimate of drug-likeness (QED) is 0.910. The van der Waals surface area contributed by atoms with Crippen molar-refractivity contribution in [2.24, 2.45) is 5.92 Å². The van der Waals surface area contributed by atoms with Gasteiger partial charge in [-0.05, 0) is 30.2 Å². The Morgan fingerprint density at radius 2 is 2.20 bits per heavy atom. The van der Waals surface area contributed by atoms with Crippen molar-refractivity contribution in [3.63, 3.8) is 0 Å². The van der Waals surface area contributed by atoms with E-state index in [2.05, 4.69) is 46.0 Å². The summed E-state index contributed by atoms with van der Waals surface area (Å²) in [7, 11) is 0. The summed E-state index contributed by atoms with van der Waals surface area (Å²) < 4.78 is 1.14. The van der Waals surface area contributed by atoms with E-state index in [9.17, 15) is 0 Å². The Morgan fingerprint density at radius 1 is 1.47 bits per heavy atom. The molecule has 15 heavy (non-hydrogen) atoms. The molecule has 1 aromatic rings. The molecular weight excluding hydrogens is 254 g/mol. The highest BCUT2D eigenvalue weighted by atomic mass is 79.9. The number of hydrogen-bond donors (Lipinski definition) is 1. The number of nitrogens with zero attached hydrogens (tertiary/aromatic N) is 1. The number of aliphatic hydroxyl groups excluding tert-OH is 1. The molecule has 0 atom stereocenters. The lowest BCUT2D eigenvalue weighted by atomic mass is 9.99. The van der Waals surface area contributed by atoms with Crippen molar-refractivity contribution in [1.82, 2.24) is 4.90 Å². The normalized spacial score (nSPS) is 17.8. The zero-order valence-electron chi connectivity index (χ0n) is 8.91. The fourth-order valence-electron chi connectivity index (χ4n) is 1.97. The van der Waals surface area contributed by atoms with Gasteiger partial charge in [0.15, 0.2) is 0 Å². The highest BCUT2D eigenvalue weighted by Crippen LogP contribution is 2.22. The highest BCUT2D eigenvalue weighted by Gasteiger charge is 2.25. The van der Waals surface area contributed by atoms with Gasteiger partial charge in [-0.15, -0.1) is 0 Å². The molecule has 1 N–H and O–H groups in total. The second kappa shape index (κ2) is 4.64. The van der Waals surface area contributed by atoms with Gasteiger partial charge in [0, 0.05) is 36.6 Å². The van der Waals surface area contributed by atoms with E-state index in [4.69, 9.17) is 5.11 Å². The van der Waals surface area contributed by atoms with Crippen molar-refractivity contribution < 1.29 is 5.11 Å². The van der Waals surface area contributed by atoms with E-state index in [1.54, 1.807) is 0 Å². The maximum atomic E-state index is 8.93. The third-order valence-electron chi connectivity index (χ3n) is 3.00. The van der Waals surface area contributed by atoms with Crippen molar-refractivity contribution in [2.75, 3.05) is 19.7 Å².